The lowest BCUT2D eigenvalue weighted by atomic mass is 9.98. The lowest BCUT2D eigenvalue weighted by Crippen LogP contribution is -2.10. The number of alkyl halides is 1. The fourth-order valence-electron chi connectivity index (χ4n) is 2.19. The maximum Gasteiger partial charge on any atom is 0.141 e. The molecule has 0 amide bonds. The summed E-state index contributed by atoms with van der Waals surface area (Å²) in [5.74, 6) is 0.169. The summed E-state index contributed by atoms with van der Waals surface area (Å²) in [6.07, 6.45) is 4.38. The van der Waals surface area contributed by atoms with Gasteiger partial charge in [-0.3, -0.25) is 0 Å². The summed E-state index contributed by atoms with van der Waals surface area (Å²) in [5, 5.41) is 0.477. The number of hydrogen-bond donors (Lipinski definition) is 0. The third-order valence-electron chi connectivity index (χ3n) is 3.05. The van der Waals surface area contributed by atoms with Gasteiger partial charge in [0.25, 0.3) is 0 Å². The van der Waals surface area contributed by atoms with Crippen LogP contribution >= 0.6 is 23.2 Å². The SMILES string of the molecule is Fc1ccc(CC2CCCC2Cl)cc1Cl. The Kier molecular flexibility index (Phi) is 3.53. The van der Waals surface area contributed by atoms with E-state index in [0.717, 1.165) is 18.4 Å². The fourth-order valence-corrected chi connectivity index (χ4v) is 2.76. The van der Waals surface area contributed by atoms with Gasteiger partial charge in [0.2, 0.25) is 0 Å². The summed E-state index contributed by atoms with van der Waals surface area (Å²) < 4.78 is 12.9. The molecule has 0 nitrogen and oxygen atoms in total. The van der Waals surface area contributed by atoms with Gasteiger partial charge in [-0.2, -0.15) is 0 Å². The molecule has 1 saturated carbocycles. The summed E-state index contributed by atoms with van der Waals surface area (Å²) in [5.41, 5.74) is 1.08. The van der Waals surface area contributed by atoms with Crippen LogP contribution in [0.2, 0.25) is 5.02 Å². The minimum atomic E-state index is -0.353. The van der Waals surface area contributed by atoms with Crippen molar-refractivity contribution in [3.8, 4) is 0 Å². The zero-order valence-electron chi connectivity index (χ0n) is 8.35. The molecular weight excluding hydrogens is 234 g/mol. The first kappa shape index (κ1) is 11.2. The van der Waals surface area contributed by atoms with Gasteiger partial charge in [-0.1, -0.05) is 24.1 Å². The van der Waals surface area contributed by atoms with Gasteiger partial charge < -0.3 is 0 Å². The van der Waals surface area contributed by atoms with E-state index in [-0.39, 0.29) is 16.2 Å². The topological polar surface area (TPSA) is 0 Å². The predicted molar refractivity (Wildman–Crippen MR) is 62.1 cm³/mol. The van der Waals surface area contributed by atoms with Crippen LogP contribution in [0.3, 0.4) is 0 Å². The molecule has 0 N–H and O–H groups in total. The Morgan fingerprint density at radius 2 is 2.13 bits per heavy atom. The summed E-state index contributed by atoms with van der Waals surface area (Å²) in [6, 6.07) is 4.93. The molecule has 3 heteroatoms. The first-order valence-electron chi connectivity index (χ1n) is 5.25. The predicted octanol–water partition coefficient (Wildman–Crippen LogP) is 4.43. The lowest BCUT2D eigenvalue weighted by molar-refractivity contribution is 0.551. The molecule has 0 aliphatic heterocycles. The molecule has 0 heterocycles. The Bertz CT molecular complexity index is 351. The van der Waals surface area contributed by atoms with E-state index in [1.54, 1.807) is 12.1 Å². The number of hydrogen-bond acceptors (Lipinski definition) is 0. The van der Waals surface area contributed by atoms with Gasteiger partial charge in [-0.15, -0.1) is 11.6 Å². The van der Waals surface area contributed by atoms with Gasteiger partial charge in [-0.05, 0) is 42.9 Å². The second-order valence-electron chi connectivity index (χ2n) is 4.16. The van der Waals surface area contributed by atoms with Crippen molar-refractivity contribution in [2.45, 2.75) is 31.1 Å². The Hall–Kier alpha value is -0.270. The van der Waals surface area contributed by atoms with Crippen molar-refractivity contribution in [2.24, 2.45) is 5.92 Å². The highest BCUT2D eigenvalue weighted by molar-refractivity contribution is 6.30. The lowest BCUT2D eigenvalue weighted by Gasteiger charge is -2.13. The van der Waals surface area contributed by atoms with Crippen LogP contribution in [-0.4, -0.2) is 5.38 Å². The first-order valence-corrected chi connectivity index (χ1v) is 6.06. The quantitative estimate of drug-likeness (QED) is 0.678. The molecule has 1 aliphatic carbocycles. The van der Waals surface area contributed by atoms with Crippen molar-refractivity contribution in [1.29, 1.82) is 0 Å². The van der Waals surface area contributed by atoms with Crippen molar-refractivity contribution >= 4 is 23.2 Å². The zero-order valence-corrected chi connectivity index (χ0v) is 9.86. The highest BCUT2D eigenvalue weighted by atomic mass is 35.5. The number of rotatable bonds is 2. The van der Waals surface area contributed by atoms with Crippen LogP contribution in [0.5, 0.6) is 0 Å². The molecule has 0 radical (unpaired) electrons. The standard InChI is InChI=1S/C12H13Cl2F/c13-10-3-1-2-9(10)6-8-4-5-12(15)11(14)7-8/h4-5,7,9-10H,1-3,6H2. The van der Waals surface area contributed by atoms with Crippen LogP contribution in [0.15, 0.2) is 18.2 Å². The van der Waals surface area contributed by atoms with Gasteiger partial charge in [0.1, 0.15) is 5.82 Å². The Morgan fingerprint density at radius 3 is 2.73 bits per heavy atom. The molecule has 1 fully saturated rings. The Morgan fingerprint density at radius 1 is 1.33 bits per heavy atom. The first-order chi connectivity index (χ1) is 7.16. The smallest absolute Gasteiger partial charge is 0.141 e. The van der Waals surface area contributed by atoms with Crippen LogP contribution in [0.1, 0.15) is 24.8 Å². The van der Waals surface area contributed by atoms with Gasteiger partial charge in [0, 0.05) is 5.38 Å². The maximum atomic E-state index is 12.9. The summed E-state index contributed by atoms with van der Waals surface area (Å²) in [6.45, 7) is 0. The molecule has 0 bridgehead atoms. The minimum Gasteiger partial charge on any atom is -0.205 e. The van der Waals surface area contributed by atoms with Crippen molar-refractivity contribution in [1.82, 2.24) is 0 Å². The van der Waals surface area contributed by atoms with Crippen LogP contribution in [0, 0.1) is 11.7 Å². The molecule has 1 aliphatic rings. The van der Waals surface area contributed by atoms with E-state index in [9.17, 15) is 4.39 Å². The van der Waals surface area contributed by atoms with E-state index >= 15 is 0 Å². The monoisotopic (exact) mass is 246 g/mol. The summed E-state index contributed by atoms with van der Waals surface area (Å²) >= 11 is 11.9. The molecule has 2 unspecified atom stereocenters. The van der Waals surface area contributed by atoms with Crippen LogP contribution in [0.25, 0.3) is 0 Å². The van der Waals surface area contributed by atoms with E-state index in [4.69, 9.17) is 23.2 Å². The van der Waals surface area contributed by atoms with Gasteiger partial charge >= 0.3 is 0 Å². The van der Waals surface area contributed by atoms with E-state index in [2.05, 4.69) is 0 Å². The van der Waals surface area contributed by atoms with Crippen molar-refractivity contribution in [2.75, 3.05) is 0 Å². The highest BCUT2D eigenvalue weighted by Gasteiger charge is 2.25. The molecule has 2 rings (SSSR count). The molecule has 0 spiro atoms. The van der Waals surface area contributed by atoms with Crippen molar-refractivity contribution in [3.63, 3.8) is 0 Å². The maximum absolute atomic E-state index is 12.9. The van der Waals surface area contributed by atoms with Gasteiger partial charge in [-0.25, -0.2) is 4.39 Å². The van der Waals surface area contributed by atoms with Gasteiger partial charge in [0.05, 0.1) is 5.02 Å². The fraction of sp³-hybridized carbons (Fsp3) is 0.500. The molecule has 1 aromatic rings. The van der Waals surface area contributed by atoms with E-state index in [1.165, 1.54) is 18.9 Å². The van der Waals surface area contributed by atoms with Crippen molar-refractivity contribution < 1.29 is 4.39 Å². The highest BCUT2D eigenvalue weighted by Crippen LogP contribution is 2.33. The van der Waals surface area contributed by atoms with Gasteiger partial charge in [0.15, 0.2) is 0 Å². The molecule has 2 atom stereocenters. The number of halogens is 3. The van der Waals surface area contributed by atoms with Crippen LogP contribution in [-0.2, 0) is 6.42 Å². The molecule has 0 aromatic heterocycles. The Balaban J connectivity index is 2.07. The van der Waals surface area contributed by atoms with Crippen LogP contribution in [0.4, 0.5) is 4.39 Å². The molecule has 15 heavy (non-hydrogen) atoms. The average molecular weight is 247 g/mol. The normalized spacial score (nSPS) is 25.8. The van der Waals surface area contributed by atoms with E-state index in [0.29, 0.717) is 5.92 Å². The van der Waals surface area contributed by atoms with E-state index < -0.39 is 0 Å². The average Bonchev–Trinajstić information content (AvgIpc) is 2.59. The van der Waals surface area contributed by atoms with Crippen LogP contribution < -0.4 is 0 Å². The molecular formula is C12H13Cl2F. The largest absolute Gasteiger partial charge is 0.205 e. The summed E-state index contributed by atoms with van der Waals surface area (Å²) in [4.78, 5) is 0. The van der Waals surface area contributed by atoms with E-state index in [1.807, 2.05) is 0 Å². The third kappa shape index (κ3) is 2.64. The summed E-state index contributed by atoms with van der Waals surface area (Å²) in [7, 11) is 0. The number of benzene rings is 1. The molecule has 0 saturated heterocycles. The minimum absolute atomic E-state index is 0.205. The Labute approximate surface area is 99.4 Å². The van der Waals surface area contributed by atoms with Crippen molar-refractivity contribution in [3.05, 3.63) is 34.6 Å². The molecule has 1 aromatic carbocycles. The zero-order chi connectivity index (χ0) is 10.8. The third-order valence-corrected chi connectivity index (χ3v) is 3.91. The molecule has 82 valence electrons. The second-order valence-corrected chi connectivity index (χ2v) is 5.13. The second kappa shape index (κ2) is 4.71.